The summed E-state index contributed by atoms with van der Waals surface area (Å²) in [5, 5.41) is 8.58. The molecule has 0 aliphatic rings. The number of hydrogen-bond acceptors (Lipinski definition) is 2. The number of halogens is 1. The Balaban J connectivity index is 2.63. The molecular weight excluding hydrogens is 198 g/mol. The first-order valence-electron chi connectivity index (χ1n) is 4.29. The van der Waals surface area contributed by atoms with Crippen LogP contribution >= 0.6 is 11.6 Å². The maximum atomic E-state index is 6.18. The topological polar surface area (TPSA) is 30.7 Å². The summed E-state index contributed by atoms with van der Waals surface area (Å²) >= 11 is 6.18. The van der Waals surface area contributed by atoms with Gasteiger partial charge < -0.3 is 4.57 Å². The highest BCUT2D eigenvalue weighted by Gasteiger charge is 2.09. The second kappa shape index (κ2) is 3.42. The number of aromatic nitrogens is 3. The second-order valence-corrected chi connectivity index (χ2v) is 3.58. The average molecular weight is 208 g/mol. The van der Waals surface area contributed by atoms with E-state index < -0.39 is 0 Å². The van der Waals surface area contributed by atoms with Gasteiger partial charge in [0.25, 0.3) is 0 Å². The van der Waals surface area contributed by atoms with Crippen LogP contribution in [0.1, 0.15) is 5.56 Å². The van der Waals surface area contributed by atoms with Crippen molar-refractivity contribution >= 4 is 11.6 Å². The van der Waals surface area contributed by atoms with E-state index in [9.17, 15) is 0 Å². The number of nitrogens with zero attached hydrogens (tertiary/aromatic N) is 3. The average Bonchev–Trinajstić information content (AvgIpc) is 2.57. The maximum absolute atomic E-state index is 6.18. The smallest absolute Gasteiger partial charge is 0.164 e. The lowest BCUT2D eigenvalue weighted by Crippen LogP contribution is -1.92. The van der Waals surface area contributed by atoms with Crippen LogP contribution in [0.15, 0.2) is 24.5 Å². The lowest BCUT2D eigenvalue weighted by atomic mass is 10.1. The lowest BCUT2D eigenvalue weighted by Gasteiger charge is -2.05. The summed E-state index contributed by atoms with van der Waals surface area (Å²) in [6.45, 7) is 1.97. The highest BCUT2D eigenvalue weighted by Crippen LogP contribution is 2.28. The molecule has 0 aliphatic carbocycles. The van der Waals surface area contributed by atoms with Crippen LogP contribution in [0, 0.1) is 6.92 Å². The van der Waals surface area contributed by atoms with Crippen LogP contribution in [-0.2, 0) is 7.05 Å². The Morgan fingerprint density at radius 1 is 1.36 bits per heavy atom. The molecule has 0 saturated heterocycles. The molecule has 0 N–H and O–H groups in total. The number of rotatable bonds is 1. The van der Waals surface area contributed by atoms with E-state index in [2.05, 4.69) is 10.2 Å². The molecule has 0 fully saturated rings. The molecule has 0 aliphatic heterocycles. The Bertz CT molecular complexity index is 462. The molecule has 0 unspecified atom stereocenters. The molecule has 2 rings (SSSR count). The number of hydrogen-bond donors (Lipinski definition) is 0. The van der Waals surface area contributed by atoms with Gasteiger partial charge in [-0.05, 0) is 18.6 Å². The van der Waals surface area contributed by atoms with Gasteiger partial charge in [0.05, 0.1) is 5.02 Å². The molecule has 1 aromatic heterocycles. The van der Waals surface area contributed by atoms with E-state index in [4.69, 9.17) is 11.6 Å². The predicted octanol–water partition coefficient (Wildman–Crippen LogP) is 2.44. The van der Waals surface area contributed by atoms with Crippen molar-refractivity contribution in [3.05, 3.63) is 35.1 Å². The van der Waals surface area contributed by atoms with E-state index >= 15 is 0 Å². The summed E-state index contributed by atoms with van der Waals surface area (Å²) in [6, 6.07) is 5.88. The summed E-state index contributed by atoms with van der Waals surface area (Å²) in [4.78, 5) is 0. The summed E-state index contributed by atoms with van der Waals surface area (Å²) in [6.07, 6.45) is 1.66. The van der Waals surface area contributed by atoms with Crippen LogP contribution in [0.25, 0.3) is 11.4 Å². The van der Waals surface area contributed by atoms with Crippen LogP contribution in [-0.4, -0.2) is 14.8 Å². The molecule has 4 heteroatoms. The Morgan fingerprint density at radius 3 is 2.79 bits per heavy atom. The Labute approximate surface area is 87.3 Å². The van der Waals surface area contributed by atoms with Crippen LogP contribution < -0.4 is 0 Å². The molecule has 0 saturated carbocycles. The first-order valence-corrected chi connectivity index (χ1v) is 4.67. The maximum Gasteiger partial charge on any atom is 0.164 e. The van der Waals surface area contributed by atoms with Gasteiger partial charge in [-0.3, -0.25) is 0 Å². The van der Waals surface area contributed by atoms with E-state index in [1.165, 1.54) is 0 Å². The van der Waals surface area contributed by atoms with Crippen molar-refractivity contribution in [1.29, 1.82) is 0 Å². The summed E-state index contributed by atoms with van der Waals surface area (Å²) in [5.41, 5.74) is 1.97. The Hall–Kier alpha value is -1.35. The van der Waals surface area contributed by atoms with Gasteiger partial charge in [-0.1, -0.05) is 23.7 Å². The van der Waals surface area contributed by atoms with Crippen LogP contribution in [0.3, 0.4) is 0 Å². The zero-order valence-corrected chi connectivity index (χ0v) is 8.78. The van der Waals surface area contributed by atoms with Gasteiger partial charge in [-0.2, -0.15) is 0 Å². The molecule has 2 aromatic rings. The molecule has 1 heterocycles. The molecule has 0 spiro atoms. The molecule has 0 bridgehead atoms. The SMILES string of the molecule is Cc1cccc(-c2nncn2C)c1Cl. The van der Waals surface area contributed by atoms with Gasteiger partial charge in [0.15, 0.2) is 5.82 Å². The zero-order valence-electron chi connectivity index (χ0n) is 8.03. The van der Waals surface area contributed by atoms with Crippen LogP contribution in [0.4, 0.5) is 0 Å². The highest BCUT2D eigenvalue weighted by atomic mass is 35.5. The van der Waals surface area contributed by atoms with Crippen molar-refractivity contribution in [2.24, 2.45) is 7.05 Å². The fourth-order valence-corrected chi connectivity index (χ4v) is 1.56. The van der Waals surface area contributed by atoms with Crippen molar-refractivity contribution in [2.75, 3.05) is 0 Å². The van der Waals surface area contributed by atoms with E-state index in [1.54, 1.807) is 6.33 Å². The van der Waals surface area contributed by atoms with Crippen LogP contribution in [0.2, 0.25) is 5.02 Å². The number of benzene rings is 1. The Kier molecular flexibility index (Phi) is 2.25. The van der Waals surface area contributed by atoms with Crippen molar-refractivity contribution in [2.45, 2.75) is 6.92 Å². The first kappa shape index (κ1) is 9.21. The fraction of sp³-hybridized carbons (Fsp3) is 0.200. The third kappa shape index (κ3) is 1.40. The largest absolute Gasteiger partial charge is 0.317 e. The minimum Gasteiger partial charge on any atom is -0.317 e. The summed E-state index contributed by atoms with van der Waals surface area (Å²) < 4.78 is 1.85. The minimum absolute atomic E-state index is 0.739. The molecule has 72 valence electrons. The molecule has 0 radical (unpaired) electrons. The first-order chi connectivity index (χ1) is 6.70. The lowest BCUT2D eigenvalue weighted by molar-refractivity contribution is 0.919. The fourth-order valence-electron chi connectivity index (χ4n) is 1.35. The summed E-state index contributed by atoms with van der Waals surface area (Å²) in [5.74, 6) is 0.790. The quantitative estimate of drug-likeness (QED) is 0.719. The van der Waals surface area contributed by atoms with E-state index in [0.29, 0.717) is 0 Å². The highest BCUT2D eigenvalue weighted by molar-refractivity contribution is 6.33. The van der Waals surface area contributed by atoms with Gasteiger partial charge in [0, 0.05) is 12.6 Å². The molecule has 1 aromatic carbocycles. The predicted molar refractivity (Wildman–Crippen MR) is 56.2 cm³/mol. The van der Waals surface area contributed by atoms with Gasteiger partial charge in [-0.15, -0.1) is 10.2 Å². The third-order valence-electron chi connectivity index (χ3n) is 2.14. The third-order valence-corrected chi connectivity index (χ3v) is 2.65. The van der Waals surface area contributed by atoms with Gasteiger partial charge in [-0.25, -0.2) is 0 Å². The Morgan fingerprint density at radius 2 is 2.14 bits per heavy atom. The normalized spacial score (nSPS) is 10.5. The van der Waals surface area contributed by atoms with Crippen LogP contribution in [0.5, 0.6) is 0 Å². The van der Waals surface area contributed by atoms with Gasteiger partial charge in [0.2, 0.25) is 0 Å². The van der Waals surface area contributed by atoms with E-state index in [-0.39, 0.29) is 0 Å². The molecular formula is C10H10ClN3. The van der Waals surface area contributed by atoms with Gasteiger partial charge in [0.1, 0.15) is 6.33 Å². The van der Waals surface area contributed by atoms with E-state index in [1.807, 2.05) is 36.7 Å². The molecule has 0 atom stereocenters. The minimum atomic E-state index is 0.739. The molecule has 14 heavy (non-hydrogen) atoms. The van der Waals surface area contributed by atoms with Crippen molar-refractivity contribution in [3.8, 4) is 11.4 Å². The zero-order chi connectivity index (χ0) is 10.1. The summed E-state index contributed by atoms with van der Waals surface area (Å²) in [7, 11) is 1.90. The van der Waals surface area contributed by atoms with Crippen molar-refractivity contribution < 1.29 is 0 Å². The molecule has 0 amide bonds. The molecule has 3 nitrogen and oxygen atoms in total. The number of aryl methyl sites for hydroxylation is 2. The van der Waals surface area contributed by atoms with Crippen molar-refractivity contribution in [1.82, 2.24) is 14.8 Å². The monoisotopic (exact) mass is 207 g/mol. The van der Waals surface area contributed by atoms with E-state index in [0.717, 1.165) is 22.0 Å². The van der Waals surface area contributed by atoms with Crippen molar-refractivity contribution in [3.63, 3.8) is 0 Å². The van der Waals surface area contributed by atoms with Gasteiger partial charge >= 0.3 is 0 Å². The second-order valence-electron chi connectivity index (χ2n) is 3.20. The standard InChI is InChI=1S/C10H10ClN3/c1-7-4-3-5-8(9(7)11)10-13-12-6-14(10)2/h3-6H,1-2H3.